The van der Waals surface area contributed by atoms with Gasteiger partial charge in [0.1, 0.15) is 5.75 Å². The van der Waals surface area contributed by atoms with Crippen LogP contribution in [0.25, 0.3) is 5.69 Å². The fourth-order valence-corrected chi connectivity index (χ4v) is 2.46. The molecule has 122 valence electrons. The monoisotopic (exact) mass is 321 g/mol. The molecule has 5 heteroatoms. The number of nitrogens with zero attached hydrogens (tertiary/aromatic N) is 3. The zero-order chi connectivity index (χ0) is 16.9. The topological polar surface area (TPSA) is 47.4 Å². The Morgan fingerprint density at radius 1 is 1.12 bits per heavy atom. The molecule has 0 spiro atoms. The van der Waals surface area contributed by atoms with Crippen molar-refractivity contribution < 1.29 is 9.53 Å². The first-order valence-electron chi connectivity index (χ1n) is 7.66. The number of benzene rings is 2. The lowest BCUT2D eigenvalue weighted by molar-refractivity contribution is 0.0785. The second kappa shape index (κ2) is 7.00. The minimum Gasteiger partial charge on any atom is -0.497 e. The van der Waals surface area contributed by atoms with Gasteiger partial charge in [-0.3, -0.25) is 4.79 Å². The van der Waals surface area contributed by atoms with E-state index in [0.717, 1.165) is 17.0 Å². The summed E-state index contributed by atoms with van der Waals surface area (Å²) in [4.78, 5) is 14.2. The second-order valence-corrected chi connectivity index (χ2v) is 5.52. The zero-order valence-corrected chi connectivity index (χ0v) is 13.7. The molecule has 24 heavy (non-hydrogen) atoms. The van der Waals surface area contributed by atoms with E-state index in [4.69, 9.17) is 4.74 Å². The number of methoxy groups -OCH3 is 1. The Balaban J connectivity index is 1.69. The average Bonchev–Trinajstić information content (AvgIpc) is 3.10. The zero-order valence-electron chi connectivity index (χ0n) is 13.7. The summed E-state index contributed by atoms with van der Waals surface area (Å²) in [6, 6.07) is 17.0. The van der Waals surface area contributed by atoms with Gasteiger partial charge in [0, 0.05) is 30.9 Å². The minimum absolute atomic E-state index is 0.0369. The number of carbonyl (C=O) groups excluding carboxylic acids is 1. The SMILES string of the molecule is COc1ccc(C(=O)N(C)Cc2cnn(-c3ccccc3)c2)cc1. The molecule has 1 aromatic heterocycles. The maximum atomic E-state index is 12.5. The molecule has 1 amide bonds. The van der Waals surface area contributed by atoms with Gasteiger partial charge in [-0.15, -0.1) is 0 Å². The molecule has 0 saturated carbocycles. The van der Waals surface area contributed by atoms with E-state index in [9.17, 15) is 4.79 Å². The van der Waals surface area contributed by atoms with Crippen LogP contribution >= 0.6 is 0 Å². The molecule has 3 aromatic rings. The Labute approximate surface area is 141 Å². The van der Waals surface area contributed by atoms with Crippen molar-refractivity contribution in [1.29, 1.82) is 0 Å². The van der Waals surface area contributed by atoms with E-state index in [2.05, 4.69) is 5.10 Å². The van der Waals surface area contributed by atoms with Crippen LogP contribution in [0.3, 0.4) is 0 Å². The van der Waals surface area contributed by atoms with Crippen LogP contribution in [-0.4, -0.2) is 34.7 Å². The molecule has 0 N–H and O–H groups in total. The molecule has 3 rings (SSSR count). The predicted octanol–water partition coefficient (Wildman–Crippen LogP) is 3.15. The number of hydrogen-bond acceptors (Lipinski definition) is 3. The van der Waals surface area contributed by atoms with Gasteiger partial charge >= 0.3 is 0 Å². The summed E-state index contributed by atoms with van der Waals surface area (Å²) in [5.74, 6) is 0.698. The fraction of sp³-hybridized carbons (Fsp3) is 0.158. The molecule has 1 heterocycles. The molecule has 2 aromatic carbocycles. The van der Waals surface area contributed by atoms with Crippen LogP contribution < -0.4 is 4.74 Å². The van der Waals surface area contributed by atoms with Crippen molar-refractivity contribution in [3.8, 4) is 11.4 Å². The molecule has 0 saturated heterocycles. The summed E-state index contributed by atoms with van der Waals surface area (Å²) in [5.41, 5.74) is 2.60. The standard InChI is InChI=1S/C19H19N3O2/c1-21(19(23)16-8-10-18(24-2)11-9-16)13-15-12-20-22(14-15)17-6-4-3-5-7-17/h3-12,14H,13H2,1-2H3. The number of carbonyl (C=O) groups is 1. The highest BCUT2D eigenvalue weighted by Gasteiger charge is 2.13. The first-order valence-corrected chi connectivity index (χ1v) is 7.66. The molecule has 0 radical (unpaired) electrons. The number of ether oxygens (including phenoxy) is 1. The molecule has 0 aliphatic rings. The van der Waals surface area contributed by atoms with Crippen molar-refractivity contribution in [3.63, 3.8) is 0 Å². The van der Waals surface area contributed by atoms with Crippen LogP contribution in [0.15, 0.2) is 67.0 Å². The summed E-state index contributed by atoms with van der Waals surface area (Å²) in [6.45, 7) is 0.498. The number of hydrogen-bond donors (Lipinski definition) is 0. The maximum Gasteiger partial charge on any atom is 0.253 e. The lowest BCUT2D eigenvalue weighted by atomic mass is 10.2. The third-order valence-electron chi connectivity index (χ3n) is 3.76. The van der Waals surface area contributed by atoms with Gasteiger partial charge in [-0.05, 0) is 36.4 Å². The van der Waals surface area contributed by atoms with Gasteiger partial charge < -0.3 is 9.64 Å². The van der Waals surface area contributed by atoms with E-state index in [1.807, 2.05) is 36.5 Å². The van der Waals surface area contributed by atoms with Gasteiger partial charge in [0.2, 0.25) is 0 Å². The fourth-order valence-electron chi connectivity index (χ4n) is 2.46. The summed E-state index contributed by atoms with van der Waals surface area (Å²) < 4.78 is 6.92. The Kier molecular flexibility index (Phi) is 4.61. The van der Waals surface area contributed by atoms with Crippen LogP contribution in [0.4, 0.5) is 0 Å². The van der Waals surface area contributed by atoms with Crippen LogP contribution in [0.1, 0.15) is 15.9 Å². The molecule has 0 atom stereocenters. The lowest BCUT2D eigenvalue weighted by Crippen LogP contribution is -2.25. The number of amides is 1. The number of aromatic nitrogens is 2. The third-order valence-corrected chi connectivity index (χ3v) is 3.76. The molecule has 0 unspecified atom stereocenters. The van der Waals surface area contributed by atoms with Crippen LogP contribution in [0, 0.1) is 0 Å². The Hall–Kier alpha value is -3.08. The van der Waals surface area contributed by atoms with Crippen molar-refractivity contribution in [2.45, 2.75) is 6.54 Å². The van der Waals surface area contributed by atoms with E-state index >= 15 is 0 Å². The summed E-state index contributed by atoms with van der Waals surface area (Å²) in [7, 11) is 3.39. The van der Waals surface area contributed by atoms with Crippen molar-refractivity contribution in [1.82, 2.24) is 14.7 Å². The summed E-state index contributed by atoms with van der Waals surface area (Å²) in [5, 5.41) is 4.36. The van der Waals surface area contributed by atoms with Gasteiger partial charge in [0.05, 0.1) is 19.0 Å². The van der Waals surface area contributed by atoms with E-state index in [0.29, 0.717) is 12.1 Å². The largest absolute Gasteiger partial charge is 0.497 e. The van der Waals surface area contributed by atoms with Crippen LogP contribution in [-0.2, 0) is 6.54 Å². The molecule has 0 aliphatic carbocycles. The number of para-hydroxylation sites is 1. The third kappa shape index (κ3) is 3.46. The van der Waals surface area contributed by atoms with Gasteiger partial charge in [-0.1, -0.05) is 18.2 Å². The molecule has 0 fully saturated rings. The highest BCUT2D eigenvalue weighted by atomic mass is 16.5. The average molecular weight is 321 g/mol. The van der Waals surface area contributed by atoms with Crippen molar-refractivity contribution in [2.24, 2.45) is 0 Å². The molecule has 0 bridgehead atoms. The lowest BCUT2D eigenvalue weighted by Gasteiger charge is -2.16. The quantitative estimate of drug-likeness (QED) is 0.725. The van der Waals surface area contributed by atoms with Crippen molar-refractivity contribution in [2.75, 3.05) is 14.2 Å². The summed E-state index contributed by atoms with van der Waals surface area (Å²) in [6.07, 6.45) is 3.72. The second-order valence-electron chi connectivity index (χ2n) is 5.52. The minimum atomic E-state index is -0.0369. The van der Waals surface area contributed by atoms with Crippen molar-refractivity contribution in [3.05, 3.63) is 78.1 Å². The van der Waals surface area contributed by atoms with Crippen LogP contribution in [0.2, 0.25) is 0 Å². The van der Waals surface area contributed by atoms with Gasteiger partial charge in [0.15, 0.2) is 0 Å². The normalized spacial score (nSPS) is 10.4. The Morgan fingerprint density at radius 2 is 1.83 bits per heavy atom. The van der Waals surface area contributed by atoms with E-state index in [-0.39, 0.29) is 5.91 Å². The Bertz CT molecular complexity index is 810. The molecule has 0 aliphatic heterocycles. The smallest absolute Gasteiger partial charge is 0.253 e. The first kappa shape index (κ1) is 15.8. The summed E-state index contributed by atoms with van der Waals surface area (Å²) >= 11 is 0. The van der Waals surface area contributed by atoms with E-state index < -0.39 is 0 Å². The maximum absolute atomic E-state index is 12.5. The van der Waals surface area contributed by atoms with Gasteiger partial charge in [-0.25, -0.2) is 4.68 Å². The Morgan fingerprint density at radius 3 is 2.50 bits per heavy atom. The number of rotatable bonds is 5. The van der Waals surface area contributed by atoms with Gasteiger partial charge in [0.25, 0.3) is 5.91 Å². The van der Waals surface area contributed by atoms with E-state index in [1.165, 1.54) is 0 Å². The molecular weight excluding hydrogens is 302 g/mol. The first-order chi connectivity index (χ1) is 11.7. The molecule has 5 nitrogen and oxygen atoms in total. The van der Waals surface area contributed by atoms with Crippen LogP contribution in [0.5, 0.6) is 5.75 Å². The van der Waals surface area contributed by atoms with E-state index in [1.54, 1.807) is 54.2 Å². The highest BCUT2D eigenvalue weighted by molar-refractivity contribution is 5.94. The van der Waals surface area contributed by atoms with Gasteiger partial charge in [-0.2, -0.15) is 5.10 Å². The molecular formula is C19H19N3O2. The highest BCUT2D eigenvalue weighted by Crippen LogP contribution is 2.14. The predicted molar refractivity (Wildman–Crippen MR) is 92.4 cm³/mol. The van der Waals surface area contributed by atoms with Crippen molar-refractivity contribution >= 4 is 5.91 Å².